The Morgan fingerprint density at radius 1 is 1.35 bits per heavy atom. The standard InChI is InChI=1S/C16H16N2OS/c1-12-4-6-13(7-5-12)10-18-16(19)14-9-15(20-11-14)3-2-8-17/h4-7,9,11H,8,10,17H2,1H3,(H,18,19). The number of aryl methyl sites for hydroxylation is 1. The minimum Gasteiger partial charge on any atom is -0.348 e. The maximum absolute atomic E-state index is 12.0. The van der Waals surface area contributed by atoms with E-state index in [-0.39, 0.29) is 5.91 Å². The van der Waals surface area contributed by atoms with Crippen molar-refractivity contribution in [2.45, 2.75) is 13.5 Å². The van der Waals surface area contributed by atoms with Crippen LogP contribution >= 0.6 is 11.3 Å². The van der Waals surface area contributed by atoms with Gasteiger partial charge >= 0.3 is 0 Å². The predicted molar refractivity (Wildman–Crippen MR) is 82.6 cm³/mol. The first-order valence-electron chi connectivity index (χ1n) is 6.30. The Bertz CT molecular complexity index is 647. The highest BCUT2D eigenvalue weighted by molar-refractivity contribution is 7.10. The molecule has 1 aromatic heterocycles. The van der Waals surface area contributed by atoms with Gasteiger partial charge in [-0.3, -0.25) is 4.79 Å². The van der Waals surface area contributed by atoms with Gasteiger partial charge in [0.1, 0.15) is 0 Å². The molecule has 0 bridgehead atoms. The second kappa shape index (κ2) is 6.90. The van der Waals surface area contributed by atoms with E-state index >= 15 is 0 Å². The van der Waals surface area contributed by atoms with E-state index in [1.807, 2.05) is 36.6 Å². The van der Waals surface area contributed by atoms with E-state index in [0.29, 0.717) is 18.7 Å². The Kier molecular flexibility index (Phi) is 4.94. The first-order valence-corrected chi connectivity index (χ1v) is 7.18. The van der Waals surface area contributed by atoms with Crippen LogP contribution in [0.25, 0.3) is 0 Å². The average Bonchev–Trinajstić information content (AvgIpc) is 2.93. The Hall–Kier alpha value is -2.09. The molecule has 0 aliphatic rings. The molecule has 2 rings (SSSR count). The second-order valence-corrected chi connectivity index (χ2v) is 5.29. The molecule has 0 radical (unpaired) electrons. The summed E-state index contributed by atoms with van der Waals surface area (Å²) in [6, 6.07) is 9.89. The number of amides is 1. The van der Waals surface area contributed by atoms with E-state index in [9.17, 15) is 4.79 Å². The molecular weight excluding hydrogens is 268 g/mol. The van der Waals surface area contributed by atoms with Gasteiger partial charge in [-0.25, -0.2) is 0 Å². The van der Waals surface area contributed by atoms with E-state index < -0.39 is 0 Å². The molecule has 3 N–H and O–H groups in total. The zero-order valence-electron chi connectivity index (χ0n) is 11.3. The topological polar surface area (TPSA) is 55.1 Å². The van der Waals surface area contributed by atoms with E-state index in [0.717, 1.165) is 10.4 Å². The Morgan fingerprint density at radius 2 is 2.10 bits per heavy atom. The van der Waals surface area contributed by atoms with Gasteiger partial charge in [0.2, 0.25) is 0 Å². The highest BCUT2D eigenvalue weighted by Crippen LogP contribution is 2.13. The van der Waals surface area contributed by atoms with Crippen LogP contribution in [-0.4, -0.2) is 12.5 Å². The quantitative estimate of drug-likeness (QED) is 0.850. The lowest BCUT2D eigenvalue weighted by Gasteiger charge is -2.04. The molecule has 0 aliphatic carbocycles. The summed E-state index contributed by atoms with van der Waals surface area (Å²) in [6.45, 7) is 2.89. The molecule has 0 aliphatic heterocycles. The third-order valence-corrected chi connectivity index (χ3v) is 3.59. The fourth-order valence-corrected chi connectivity index (χ4v) is 2.40. The monoisotopic (exact) mass is 284 g/mol. The van der Waals surface area contributed by atoms with Crippen molar-refractivity contribution in [1.82, 2.24) is 5.32 Å². The summed E-state index contributed by atoms with van der Waals surface area (Å²) < 4.78 is 0. The van der Waals surface area contributed by atoms with Crippen LogP contribution in [0.1, 0.15) is 26.4 Å². The van der Waals surface area contributed by atoms with Crippen molar-refractivity contribution in [3.63, 3.8) is 0 Å². The molecule has 2 aromatic rings. The molecule has 1 aromatic carbocycles. The molecule has 0 fully saturated rings. The third-order valence-electron chi connectivity index (χ3n) is 2.75. The van der Waals surface area contributed by atoms with Gasteiger partial charge in [0.15, 0.2) is 0 Å². The summed E-state index contributed by atoms with van der Waals surface area (Å²) in [5, 5.41) is 4.71. The Morgan fingerprint density at radius 3 is 2.80 bits per heavy atom. The van der Waals surface area contributed by atoms with Gasteiger partial charge in [0.25, 0.3) is 5.91 Å². The van der Waals surface area contributed by atoms with Crippen molar-refractivity contribution in [3.05, 3.63) is 57.3 Å². The van der Waals surface area contributed by atoms with Crippen LogP contribution in [0.15, 0.2) is 35.7 Å². The summed E-state index contributed by atoms with van der Waals surface area (Å²) in [5.74, 6) is 5.62. The first-order chi connectivity index (χ1) is 9.69. The number of hydrogen-bond donors (Lipinski definition) is 2. The fourth-order valence-electron chi connectivity index (χ4n) is 1.65. The average molecular weight is 284 g/mol. The number of nitrogens with two attached hydrogens (primary N) is 1. The molecule has 1 amide bonds. The van der Waals surface area contributed by atoms with E-state index in [1.54, 1.807) is 6.07 Å². The lowest BCUT2D eigenvalue weighted by atomic mass is 10.1. The molecule has 1 heterocycles. The van der Waals surface area contributed by atoms with Crippen LogP contribution in [-0.2, 0) is 6.54 Å². The molecule has 0 spiro atoms. The highest BCUT2D eigenvalue weighted by atomic mass is 32.1. The predicted octanol–water partition coefficient (Wildman–Crippen LogP) is 2.30. The Labute approximate surface area is 122 Å². The fraction of sp³-hybridized carbons (Fsp3) is 0.188. The summed E-state index contributed by atoms with van der Waals surface area (Å²) in [5.41, 5.74) is 8.25. The third kappa shape index (κ3) is 3.95. The molecule has 20 heavy (non-hydrogen) atoms. The summed E-state index contributed by atoms with van der Waals surface area (Å²) in [7, 11) is 0. The van der Waals surface area contributed by atoms with Gasteiger partial charge in [0.05, 0.1) is 17.0 Å². The zero-order chi connectivity index (χ0) is 14.4. The Balaban J connectivity index is 1.94. The molecule has 0 atom stereocenters. The lowest BCUT2D eigenvalue weighted by molar-refractivity contribution is 0.0951. The summed E-state index contributed by atoms with van der Waals surface area (Å²) in [4.78, 5) is 12.9. The smallest absolute Gasteiger partial charge is 0.252 e. The maximum Gasteiger partial charge on any atom is 0.252 e. The number of carbonyl (C=O) groups is 1. The maximum atomic E-state index is 12.0. The molecular formula is C16H16N2OS. The minimum atomic E-state index is -0.0809. The normalized spacial score (nSPS) is 9.70. The van der Waals surface area contributed by atoms with E-state index in [1.165, 1.54) is 16.9 Å². The number of benzene rings is 1. The van der Waals surface area contributed by atoms with Crippen molar-refractivity contribution in [2.24, 2.45) is 5.73 Å². The van der Waals surface area contributed by atoms with E-state index in [4.69, 9.17) is 5.73 Å². The zero-order valence-corrected chi connectivity index (χ0v) is 12.1. The van der Waals surface area contributed by atoms with Gasteiger partial charge in [-0.2, -0.15) is 0 Å². The van der Waals surface area contributed by atoms with Gasteiger partial charge < -0.3 is 11.1 Å². The first kappa shape index (κ1) is 14.3. The van der Waals surface area contributed by atoms with Gasteiger partial charge in [0, 0.05) is 11.9 Å². The molecule has 3 nitrogen and oxygen atoms in total. The largest absolute Gasteiger partial charge is 0.348 e. The van der Waals surface area contributed by atoms with Crippen molar-refractivity contribution in [3.8, 4) is 11.8 Å². The number of thiophene rings is 1. The van der Waals surface area contributed by atoms with Crippen molar-refractivity contribution in [2.75, 3.05) is 6.54 Å². The van der Waals surface area contributed by atoms with Crippen LogP contribution in [0.5, 0.6) is 0 Å². The van der Waals surface area contributed by atoms with Crippen LogP contribution < -0.4 is 11.1 Å². The number of hydrogen-bond acceptors (Lipinski definition) is 3. The number of carbonyl (C=O) groups excluding carboxylic acids is 1. The summed E-state index contributed by atoms with van der Waals surface area (Å²) in [6.07, 6.45) is 0. The van der Waals surface area contributed by atoms with Crippen LogP contribution in [0, 0.1) is 18.8 Å². The minimum absolute atomic E-state index is 0.0809. The van der Waals surface area contributed by atoms with Crippen LogP contribution in [0.2, 0.25) is 0 Å². The molecule has 0 saturated carbocycles. The van der Waals surface area contributed by atoms with Crippen molar-refractivity contribution < 1.29 is 4.79 Å². The molecule has 0 saturated heterocycles. The number of nitrogens with one attached hydrogen (secondary N) is 1. The SMILES string of the molecule is Cc1ccc(CNC(=O)c2csc(C#CCN)c2)cc1. The van der Waals surface area contributed by atoms with Crippen LogP contribution in [0.3, 0.4) is 0 Å². The van der Waals surface area contributed by atoms with Gasteiger partial charge in [-0.1, -0.05) is 41.7 Å². The second-order valence-electron chi connectivity index (χ2n) is 4.37. The molecule has 4 heteroatoms. The van der Waals surface area contributed by atoms with E-state index in [2.05, 4.69) is 17.2 Å². The molecule has 102 valence electrons. The van der Waals surface area contributed by atoms with Crippen molar-refractivity contribution in [1.29, 1.82) is 0 Å². The lowest BCUT2D eigenvalue weighted by Crippen LogP contribution is -2.22. The van der Waals surface area contributed by atoms with Crippen LogP contribution in [0.4, 0.5) is 0 Å². The van der Waals surface area contributed by atoms with Crippen molar-refractivity contribution >= 4 is 17.2 Å². The highest BCUT2D eigenvalue weighted by Gasteiger charge is 2.07. The summed E-state index contributed by atoms with van der Waals surface area (Å²) >= 11 is 1.45. The van der Waals surface area contributed by atoms with Gasteiger partial charge in [-0.05, 0) is 18.6 Å². The molecule has 0 unspecified atom stereocenters. The van der Waals surface area contributed by atoms with Gasteiger partial charge in [-0.15, -0.1) is 11.3 Å². The number of rotatable bonds is 3.